The first kappa shape index (κ1) is 18.9. The molecule has 0 aromatic heterocycles. The molecule has 0 radical (unpaired) electrons. The Kier molecular flexibility index (Phi) is 4.53. The Labute approximate surface area is 170 Å². The summed E-state index contributed by atoms with van der Waals surface area (Å²) in [4.78, 5) is 5.33. The molecule has 4 nitrogen and oxygen atoms in total. The summed E-state index contributed by atoms with van der Waals surface area (Å²) in [6, 6.07) is 8.26. The van der Waals surface area contributed by atoms with Gasteiger partial charge in [0.15, 0.2) is 0 Å². The Morgan fingerprint density at radius 2 is 2.11 bits per heavy atom. The fourth-order valence-electron chi connectivity index (χ4n) is 7.82. The number of fused-ring (bicyclic) bond motifs is 3. The summed E-state index contributed by atoms with van der Waals surface area (Å²) in [6.45, 7) is 7.11. The van der Waals surface area contributed by atoms with Crippen LogP contribution in [0.3, 0.4) is 0 Å². The molecule has 2 heterocycles. The fraction of sp³-hybridized carbons (Fsp3) is 0.750. The first-order valence-corrected chi connectivity index (χ1v) is 11.1. The monoisotopic (exact) mass is 384 g/mol. The molecule has 4 aliphatic rings. The third kappa shape index (κ3) is 2.54. The highest BCUT2D eigenvalue weighted by molar-refractivity contribution is 5.48. The average Bonchev–Trinajstić information content (AvgIpc) is 3.18. The van der Waals surface area contributed by atoms with E-state index in [1.807, 2.05) is 7.11 Å². The van der Waals surface area contributed by atoms with E-state index in [0.29, 0.717) is 17.4 Å². The zero-order valence-corrected chi connectivity index (χ0v) is 18.0. The van der Waals surface area contributed by atoms with E-state index < -0.39 is 0 Å². The minimum Gasteiger partial charge on any atom is -0.497 e. The first-order valence-electron chi connectivity index (χ1n) is 11.1. The average molecular weight is 385 g/mol. The third-order valence-electron chi connectivity index (χ3n) is 8.78. The van der Waals surface area contributed by atoms with Gasteiger partial charge in [-0.15, -0.1) is 0 Å². The van der Waals surface area contributed by atoms with Gasteiger partial charge in [0, 0.05) is 36.6 Å². The molecule has 2 saturated heterocycles. The minimum atomic E-state index is 0.289. The van der Waals surface area contributed by atoms with E-state index in [-0.39, 0.29) is 5.41 Å². The van der Waals surface area contributed by atoms with E-state index in [4.69, 9.17) is 9.47 Å². The van der Waals surface area contributed by atoms with Crippen LogP contribution < -0.4 is 4.74 Å². The molecule has 0 N–H and O–H groups in total. The van der Waals surface area contributed by atoms with E-state index in [1.165, 1.54) is 51.7 Å². The quantitative estimate of drug-likeness (QED) is 0.751. The predicted molar refractivity (Wildman–Crippen MR) is 112 cm³/mol. The van der Waals surface area contributed by atoms with Gasteiger partial charge in [-0.1, -0.05) is 13.0 Å². The largest absolute Gasteiger partial charge is 0.497 e. The standard InChI is InChI=1S/C24H36N2O2/c1-17-22-23(16-25(22)2)13-18-7-8-20(28-4)12-21(18)24(17,15-23)9-11-26-10-5-6-19(26)14-27-3/h7-8,12,17,19,22H,5-6,9-11,13-16H2,1-4H3/t17-,19?,22?,23?,24-/m0/s1. The lowest BCUT2D eigenvalue weighted by atomic mass is 9.61. The van der Waals surface area contributed by atoms with Gasteiger partial charge in [-0.25, -0.2) is 0 Å². The van der Waals surface area contributed by atoms with Gasteiger partial charge >= 0.3 is 0 Å². The molecule has 28 heavy (non-hydrogen) atoms. The van der Waals surface area contributed by atoms with Crippen LogP contribution in [0.25, 0.3) is 0 Å². The Bertz CT molecular complexity index is 752. The number of ether oxygens (including phenoxy) is 2. The molecule has 2 aliphatic heterocycles. The molecule has 1 aromatic rings. The van der Waals surface area contributed by atoms with E-state index in [0.717, 1.165) is 18.4 Å². The van der Waals surface area contributed by atoms with Crippen molar-refractivity contribution in [1.82, 2.24) is 9.80 Å². The number of methoxy groups -OCH3 is 2. The molecule has 154 valence electrons. The Balaban J connectivity index is 1.49. The SMILES string of the molecule is COCC1CCCN1CC[C@@]12CC3(Cc4ccc(OC)cc41)CN(C)C3[C@@H]2C. The second-order valence-electron chi connectivity index (χ2n) is 10.1. The summed E-state index contributed by atoms with van der Waals surface area (Å²) in [5.41, 5.74) is 3.98. The summed E-state index contributed by atoms with van der Waals surface area (Å²) < 4.78 is 11.2. The molecule has 1 saturated carbocycles. The van der Waals surface area contributed by atoms with Gasteiger partial charge in [0.2, 0.25) is 0 Å². The van der Waals surface area contributed by atoms with Crippen molar-refractivity contribution in [3.05, 3.63) is 29.3 Å². The second kappa shape index (κ2) is 6.72. The molecule has 2 aliphatic carbocycles. The molecule has 5 rings (SSSR count). The molecule has 2 bridgehead atoms. The summed E-state index contributed by atoms with van der Waals surface area (Å²) in [7, 11) is 5.98. The van der Waals surface area contributed by atoms with Crippen molar-refractivity contribution in [3.8, 4) is 5.75 Å². The van der Waals surface area contributed by atoms with Crippen LogP contribution in [0, 0.1) is 11.3 Å². The highest BCUT2D eigenvalue weighted by Gasteiger charge is 2.68. The van der Waals surface area contributed by atoms with E-state index >= 15 is 0 Å². The number of rotatable bonds is 6. The number of likely N-dealkylation sites (tertiary alicyclic amines) is 2. The van der Waals surface area contributed by atoms with Crippen molar-refractivity contribution in [2.75, 3.05) is 47.5 Å². The Morgan fingerprint density at radius 3 is 2.86 bits per heavy atom. The van der Waals surface area contributed by atoms with Crippen LogP contribution in [0.5, 0.6) is 5.75 Å². The van der Waals surface area contributed by atoms with Crippen LogP contribution in [-0.4, -0.2) is 69.4 Å². The maximum absolute atomic E-state index is 5.65. The molecule has 5 atom stereocenters. The summed E-state index contributed by atoms with van der Waals surface area (Å²) in [5, 5.41) is 0. The van der Waals surface area contributed by atoms with Crippen molar-refractivity contribution in [3.63, 3.8) is 0 Å². The van der Waals surface area contributed by atoms with E-state index in [9.17, 15) is 0 Å². The predicted octanol–water partition coefficient (Wildman–Crippen LogP) is 3.33. The van der Waals surface area contributed by atoms with Gasteiger partial charge in [0.05, 0.1) is 13.7 Å². The maximum atomic E-state index is 5.65. The van der Waals surface area contributed by atoms with Gasteiger partial charge in [0.25, 0.3) is 0 Å². The number of hydrogen-bond donors (Lipinski definition) is 0. The van der Waals surface area contributed by atoms with Crippen LogP contribution in [0.2, 0.25) is 0 Å². The first-order chi connectivity index (χ1) is 13.5. The normalized spacial score (nSPS) is 39.5. The molecule has 3 unspecified atom stereocenters. The van der Waals surface area contributed by atoms with Gasteiger partial charge < -0.3 is 14.4 Å². The van der Waals surface area contributed by atoms with Crippen LogP contribution in [0.4, 0.5) is 0 Å². The van der Waals surface area contributed by atoms with Gasteiger partial charge in [-0.05, 0) is 81.4 Å². The van der Waals surface area contributed by atoms with Crippen molar-refractivity contribution in [1.29, 1.82) is 0 Å². The van der Waals surface area contributed by atoms with Crippen molar-refractivity contribution in [2.24, 2.45) is 11.3 Å². The minimum absolute atomic E-state index is 0.289. The van der Waals surface area contributed by atoms with Crippen LogP contribution in [0.15, 0.2) is 18.2 Å². The summed E-state index contributed by atoms with van der Waals surface area (Å²) in [5.74, 6) is 1.72. The van der Waals surface area contributed by atoms with Gasteiger partial charge in [0.1, 0.15) is 5.75 Å². The van der Waals surface area contributed by atoms with Crippen LogP contribution in [0.1, 0.15) is 43.7 Å². The molecule has 1 aromatic carbocycles. The zero-order chi connectivity index (χ0) is 19.5. The molecule has 0 amide bonds. The zero-order valence-electron chi connectivity index (χ0n) is 18.0. The lowest BCUT2D eigenvalue weighted by Gasteiger charge is -2.54. The van der Waals surface area contributed by atoms with Gasteiger partial charge in [-0.3, -0.25) is 4.90 Å². The smallest absolute Gasteiger partial charge is 0.119 e. The molecule has 1 spiro atoms. The maximum Gasteiger partial charge on any atom is 0.119 e. The van der Waals surface area contributed by atoms with Crippen LogP contribution in [-0.2, 0) is 16.6 Å². The molecule has 3 fully saturated rings. The highest BCUT2D eigenvalue weighted by Crippen LogP contribution is 2.67. The molecule has 4 heteroatoms. The van der Waals surface area contributed by atoms with Gasteiger partial charge in [-0.2, -0.15) is 0 Å². The summed E-state index contributed by atoms with van der Waals surface area (Å²) >= 11 is 0. The number of hydrogen-bond acceptors (Lipinski definition) is 4. The second-order valence-corrected chi connectivity index (χ2v) is 10.1. The summed E-state index contributed by atoms with van der Waals surface area (Å²) in [6.07, 6.45) is 6.48. The fourth-order valence-corrected chi connectivity index (χ4v) is 7.82. The number of nitrogens with zero attached hydrogens (tertiary/aromatic N) is 2. The Hall–Kier alpha value is -1.10. The van der Waals surface area contributed by atoms with E-state index in [2.05, 4.69) is 42.0 Å². The number of benzene rings is 1. The van der Waals surface area contributed by atoms with E-state index in [1.54, 1.807) is 18.2 Å². The van der Waals surface area contributed by atoms with Crippen molar-refractivity contribution < 1.29 is 9.47 Å². The lowest BCUT2D eigenvalue weighted by Crippen LogP contribution is -2.62. The third-order valence-corrected chi connectivity index (χ3v) is 8.78. The topological polar surface area (TPSA) is 24.9 Å². The Morgan fingerprint density at radius 1 is 1.25 bits per heavy atom. The lowest BCUT2D eigenvalue weighted by molar-refractivity contribution is -0.0471. The molecular formula is C24H36N2O2. The van der Waals surface area contributed by atoms with Crippen molar-refractivity contribution in [2.45, 2.75) is 56.5 Å². The van der Waals surface area contributed by atoms with Crippen molar-refractivity contribution >= 4 is 0 Å². The highest BCUT2D eigenvalue weighted by atomic mass is 16.5. The van der Waals surface area contributed by atoms with Crippen LogP contribution >= 0.6 is 0 Å². The molecular weight excluding hydrogens is 348 g/mol.